The fraction of sp³-hybridized carbons (Fsp3) is 0.120. The van der Waals surface area contributed by atoms with Crippen molar-refractivity contribution in [2.45, 2.75) is 13.5 Å². The normalized spacial score (nSPS) is 14.4. The number of rotatable bonds is 6. The van der Waals surface area contributed by atoms with Crippen LogP contribution in [0.25, 0.3) is 6.08 Å². The van der Waals surface area contributed by atoms with Gasteiger partial charge in [-0.2, -0.15) is 0 Å². The van der Waals surface area contributed by atoms with Crippen LogP contribution in [0.1, 0.15) is 22.3 Å². The summed E-state index contributed by atoms with van der Waals surface area (Å²) in [7, 11) is 1.55. The molecule has 6 heteroatoms. The highest BCUT2D eigenvalue weighted by Gasteiger charge is 2.24. The highest BCUT2D eigenvalue weighted by atomic mass is 19.1. The molecule has 1 heterocycles. The largest absolute Gasteiger partial charge is 0.493 e. The summed E-state index contributed by atoms with van der Waals surface area (Å²) in [5.74, 6) is 0.160. The fourth-order valence-corrected chi connectivity index (χ4v) is 3.13. The number of methoxy groups -OCH3 is 1. The van der Waals surface area contributed by atoms with E-state index in [1.54, 1.807) is 37.5 Å². The molecule has 3 aromatic rings. The molecule has 0 aromatic heterocycles. The monoisotopic (exact) mass is 417 g/mol. The molecule has 0 N–H and O–H groups in total. The van der Waals surface area contributed by atoms with Crippen LogP contribution in [-0.4, -0.2) is 19.0 Å². The molecule has 0 saturated carbocycles. The number of hydrogen-bond acceptors (Lipinski definition) is 5. The van der Waals surface area contributed by atoms with E-state index in [-0.39, 0.29) is 11.6 Å². The number of halogens is 1. The third kappa shape index (κ3) is 4.64. The van der Waals surface area contributed by atoms with Crippen LogP contribution >= 0.6 is 0 Å². The molecule has 3 aromatic carbocycles. The first-order valence-electron chi connectivity index (χ1n) is 9.67. The first-order valence-corrected chi connectivity index (χ1v) is 9.67. The summed E-state index contributed by atoms with van der Waals surface area (Å²) in [6.07, 6.45) is 1.59. The van der Waals surface area contributed by atoms with Crippen molar-refractivity contribution in [3.63, 3.8) is 0 Å². The van der Waals surface area contributed by atoms with Crippen molar-refractivity contribution in [1.82, 2.24) is 0 Å². The molecule has 5 nitrogen and oxygen atoms in total. The molecular weight excluding hydrogens is 397 g/mol. The van der Waals surface area contributed by atoms with Crippen LogP contribution in [0.2, 0.25) is 0 Å². The van der Waals surface area contributed by atoms with E-state index in [0.29, 0.717) is 29.2 Å². The Morgan fingerprint density at radius 3 is 2.65 bits per heavy atom. The predicted molar refractivity (Wildman–Crippen MR) is 116 cm³/mol. The molecule has 4 rings (SSSR count). The number of hydrogen-bond donors (Lipinski definition) is 0. The minimum absolute atomic E-state index is 0.0703. The summed E-state index contributed by atoms with van der Waals surface area (Å²) in [6, 6.07) is 19.1. The Labute approximate surface area is 179 Å². The van der Waals surface area contributed by atoms with Crippen molar-refractivity contribution in [3.05, 3.63) is 100 Å². The molecule has 0 unspecified atom stereocenters. The summed E-state index contributed by atoms with van der Waals surface area (Å²) in [5.41, 5.74) is 3.44. The highest BCUT2D eigenvalue weighted by molar-refractivity contribution is 6.12. The molecule has 0 saturated heterocycles. The smallest absolute Gasteiger partial charge is 0.363 e. The van der Waals surface area contributed by atoms with E-state index in [1.165, 1.54) is 18.2 Å². The first kappa shape index (κ1) is 20.3. The van der Waals surface area contributed by atoms with E-state index in [1.807, 2.05) is 31.2 Å². The van der Waals surface area contributed by atoms with Crippen molar-refractivity contribution in [1.29, 1.82) is 0 Å². The maximum absolute atomic E-state index is 13.4. The predicted octanol–water partition coefficient (Wildman–Crippen LogP) is 5.07. The van der Waals surface area contributed by atoms with E-state index in [4.69, 9.17) is 14.2 Å². The number of benzene rings is 3. The Balaban J connectivity index is 1.55. The summed E-state index contributed by atoms with van der Waals surface area (Å²) >= 11 is 0. The van der Waals surface area contributed by atoms with E-state index >= 15 is 0 Å². The third-order valence-electron chi connectivity index (χ3n) is 4.83. The number of nitrogens with zero attached hydrogens (tertiary/aromatic N) is 1. The van der Waals surface area contributed by atoms with Gasteiger partial charge >= 0.3 is 5.97 Å². The Kier molecular flexibility index (Phi) is 5.80. The molecule has 0 atom stereocenters. The van der Waals surface area contributed by atoms with E-state index in [9.17, 15) is 9.18 Å². The lowest BCUT2D eigenvalue weighted by atomic mass is 10.1. The second-order valence-electron chi connectivity index (χ2n) is 6.97. The molecule has 0 spiro atoms. The molecule has 0 fully saturated rings. The molecule has 0 aliphatic carbocycles. The number of aryl methyl sites for hydroxylation is 1. The molecule has 1 aliphatic rings. The Hall–Kier alpha value is -3.93. The number of carbonyl (C=O) groups excluding carboxylic acids is 1. The van der Waals surface area contributed by atoms with Gasteiger partial charge in [-0.05, 0) is 60.0 Å². The average Bonchev–Trinajstić information content (AvgIpc) is 3.14. The van der Waals surface area contributed by atoms with Gasteiger partial charge in [0.2, 0.25) is 5.90 Å². The molecule has 31 heavy (non-hydrogen) atoms. The van der Waals surface area contributed by atoms with Crippen LogP contribution in [0, 0.1) is 12.7 Å². The maximum atomic E-state index is 13.4. The van der Waals surface area contributed by atoms with E-state index < -0.39 is 11.8 Å². The zero-order valence-electron chi connectivity index (χ0n) is 17.1. The molecular formula is C25H20FNO4. The quantitative estimate of drug-likeness (QED) is 0.415. The number of aliphatic imine (C=N–C) groups is 1. The number of carbonyl (C=O) groups is 1. The fourth-order valence-electron chi connectivity index (χ4n) is 3.13. The number of ether oxygens (including phenoxy) is 3. The van der Waals surface area contributed by atoms with Gasteiger partial charge in [-0.1, -0.05) is 36.4 Å². The van der Waals surface area contributed by atoms with Crippen LogP contribution in [0.3, 0.4) is 0 Å². The second-order valence-corrected chi connectivity index (χ2v) is 6.97. The topological polar surface area (TPSA) is 57.1 Å². The van der Waals surface area contributed by atoms with Crippen LogP contribution in [0.15, 0.2) is 77.4 Å². The first-order chi connectivity index (χ1) is 15.0. The van der Waals surface area contributed by atoms with Crippen molar-refractivity contribution < 1.29 is 23.4 Å². The molecule has 0 bridgehead atoms. The SMILES string of the molecule is COc1cc(C=C2N=C(c3cccc(F)c3)OC2=O)ccc1OCc1ccccc1C. The van der Waals surface area contributed by atoms with Crippen molar-refractivity contribution in [2.75, 3.05) is 7.11 Å². The lowest BCUT2D eigenvalue weighted by Crippen LogP contribution is -2.05. The van der Waals surface area contributed by atoms with Crippen LogP contribution in [0.5, 0.6) is 11.5 Å². The number of cyclic esters (lactones) is 1. The second kappa shape index (κ2) is 8.83. The minimum atomic E-state index is -0.599. The van der Waals surface area contributed by atoms with Crippen LogP contribution < -0.4 is 9.47 Å². The Morgan fingerprint density at radius 2 is 1.87 bits per heavy atom. The lowest BCUT2D eigenvalue weighted by molar-refractivity contribution is -0.129. The Morgan fingerprint density at radius 1 is 1.03 bits per heavy atom. The van der Waals surface area contributed by atoms with Gasteiger partial charge in [-0.25, -0.2) is 14.2 Å². The molecule has 156 valence electrons. The van der Waals surface area contributed by atoms with E-state index in [0.717, 1.165) is 11.1 Å². The summed E-state index contributed by atoms with van der Waals surface area (Å²) in [6.45, 7) is 2.45. The van der Waals surface area contributed by atoms with Crippen molar-refractivity contribution >= 4 is 17.9 Å². The van der Waals surface area contributed by atoms with E-state index in [2.05, 4.69) is 4.99 Å². The maximum Gasteiger partial charge on any atom is 0.363 e. The van der Waals surface area contributed by atoms with Crippen LogP contribution in [-0.2, 0) is 16.1 Å². The zero-order valence-corrected chi connectivity index (χ0v) is 17.1. The number of esters is 1. The van der Waals surface area contributed by atoms with Gasteiger partial charge in [0.25, 0.3) is 0 Å². The van der Waals surface area contributed by atoms with Gasteiger partial charge in [-0.3, -0.25) is 0 Å². The van der Waals surface area contributed by atoms with Gasteiger partial charge in [-0.15, -0.1) is 0 Å². The zero-order chi connectivity index (χ0) is 21.8. The standard InChI is InChI=1S/C25H20FNO4/c1-16-6-3-4-7-19(16)15-30-22-11-10-17(13-23(22)29-2)12-21-25(28)31-24(27-21)18-8-5-9-20(26)14-18/h3-14H,15H2,1-2H3. The van der Waals surface area contributed by atoms with Gasteiger partial charge < -0.3 is 14.2 Å². The van der Waals surface area contributed by atoms with Crippen LogP contribution in [0.4, 0.5) is 4.39 Å². The summed E-state index contributed by atoms with van der Waals surface area (Å²) in [5, 5.41) is 0. The molecule has 0 amide bonds. The summed E-state index contributed by atoms with van der Waals surface area (Å²) < 4.78 is 30.0. The Bertz CT molecular complexity index is 1200. The minimum Gasteiger partial charge on any atom is -0.493 e. The van der Waals surface area contributed by atoms with Gasteiger partial charge in [0.15, 0.2) is 17.2 Å². The van der Waals surface area contributed by atoms with Gasteiger partial charge in [0.1, 0.15) is 12.4 Å². The molecule has 1 aliphatic heterocycles. The summed E-state index contributed by atoms with van der Waals surface area (Å²) in [4.78, 5) is 16.4. The van der Waals surface area contributed by atoms with Gasteiger partial charge in [0.05, 0.1) is 7.11 Å². The van der Waals surface area contributed by atoms with Gasteiger partial charge in [0, 0.05) is 5.56 Å². The van der Waals surface area contributed by atoms with Crippen molar-refractivity contribution in [3.8, 4) is 11.5 Å². The average molecular weight is 417 g/mol. The lowest BCUT2D eigenvalue weighted by Gasteiger charge is -2.12. The highest BCUT2D eigenvalue weighted by Crippen LogP contribution is 2.30. The third-order valence-corrected chi connectivity index (χ3v) is 4.83. The molecule has 0 radical (unpaired) electrons. The van der Waals surface area contributed by atoms with Crippen molar-refractivity contribution in [2.24, 2.45) is 4.99 Å².